The van der Waals surface area contributed by atoms with E-state index < -0.39 is 0 Å². The van der Waals surface area contributed by atoms with Crippen LogP contribution in [0.25, 0.3) is 0 Å². The first-order valence-corrected chi connectivity index (χ1v) is 10.6. The maximum Gasteiger partial charge on any atom is 0.290 e. The summed E-state index contributed by atoms with van der Waals surface area (Å²) in [6.45, 7) is 10.8. The Kier molecular flexibility index (Phi) is 6.95. The Balaban J connectivity index is 0.000000858. The molecule has 7 nitrogen and oxygen atoms in total. The average Bonchev–Trinajstić information content (AvgIpc) is 3.27. The number of likely N-dealkylation sites (tertiary alicyclic amines) is 2. The second-order valence-electron chi connectivity index (χ2n) is 8.60. The van der Waals surface area contributed by atoms with Crippen molar-refractivity contribution in [3.63, 3.8) is 0 Å². The molecule has 2 N–H and O–H groups in total. The quantitative estimate of drug-likeness (QED) is 0.738. The third kappa shape index (κ3) is 4.56. The van der Waals surface area contributed by atoms with Crippen molar-refractivity contribution in [2.45, 2.75) is 40.3 Å². The lowest BCUT2D eigenvalue weighted by Gasteiger charge is -2.30. The molecule has 0 bridgehead atoms. The average molecular weight is 426 g/mol. The molecule has 1 aromatic carbocycles. The van der Waals surface area contributed by atoms with E-state index in [0.29, 0.717) is 11.8 Å². The minimum absolute atomic E-state index is 0.133. The minimum atomic E-state index is -0.250. The zero-order valence-electron chi connectivity index (χ0n) is 18.6. The van der Waals surface area contributed by atoms with Gasteiger partial charge in [0.05, 0.1) is 6.04 Å². The van der Waals surface area contributed by atoms with Gasteiger partial charge in [0.2, 0.25) is 5.91 Å². The highest BCUT2D eigenvalue weighted by Gasteiger charge is 2.48. The number of hydrogen-bond acceptors (Lipinski definition) is 4. The fourth-order valence-electron chi connectivity index (χ4n) is 5.10. The van der Waals surface area contributed by atoms with E-state index in [0.717, 1.165) is 43.0 Å². The summed E-state index contributed by atoms with van der Waals surface area (Å²) in [7, 11) is 0. The SMILES string of the molecule is CC(=O)N1C[C@H]2CN(Cc3[nH]cc(C)c(=O)c3C)C[C@H]2[C@H]1c1ccccc1C.O=CO. The number of fused-ring (bicyclic) bond motifs is 1. The van der Waals surface area contributed by atoms with Crippen molar-refractivity contribution in [2.24, 2.45) is 11.8 Å². The molecule has 3 heterocycles. The third-order valence-corrected chi connectivity index (χ3v) is 6.65. The fourth-order valence-corrected chi connectivity index (χ4v) is 5.10. The molecular weight excluding hydrogens is 394 g/mol. The molecule has 166 valence electrons. The van der Waals surface area contributed by atoms with E-state index >= 15 is 0 Å². The van der Waals surface area contributed by atoms with E-state index in [1.165, 1.54) is 11.1 Å². The number of carboxylic acid groups (broad SMARTS) is 1. The maximum absolute atomic E-state index is 12.3. The Morgan fingerprint density at radius 1 is 1.16 bits per heavy atom. The first kappa shape index (κ1) is 22.7. The molecule has 2 aliphatic rings. The second-order valence-corrected chi connectivity index (χ2v) is 8.60. The summed E-state index contributed by atoms with van der Waals surface area (Å²) in [5, 5.41) is 6.89. The smallest absolute Gasteiger partial charge is 0.290 e. The zero-order valence-corrected chi connectivity index (χ0v) is 18.6. The van der Waals surface area contributed by atoms with Crippen molar-refractivity contribution in [2.75, 3.05) is 19.6 Å². The number of hydrogen-bond donors (Lipinski definition) is 2. The molecule has 1 amide bonds. The highest BCUT2D eigenvalue weighted by Crippen LogP contribution is 2.46. The van der Waals surface area contributed by atoms with Crippen LogP contribution < -0.4 is 5.43 Å². The summed E-state index contributed by atoms with van der Waals surface area (Å²) >= 11 is 0. The van der Waals surface area contributed by atoms with Gasteiger partial charge in [0.1, 0.15) is 0 Å². The molecule has 2 saturated heterocycles. The van der Waals surface area contributed by atoms with E-state index in [9.17, 15) is 9.59 Å². The van der Waals surface area contributed by atoms with Crippen LogP contribution in [0.3, 0.4) is 0 Å². The number of aromatic amines is 1. The van der Waals surface area contributed by atoms with Crippen molar-refractivity contribution in [1.29, 1.82) is 0 Å². The van der Waals surface area contributed by atoms with Crippen LogP contribution in [-0.2, 0) is 16.1 Å². The molecule has 3 atom stereocenters. The van der Waals surface area contributed by atoms with Crippen LogP contribution >= 0.6 is 0 Å². The lowest BCUT2D eigenvalue weighted by Crippen LogP contribution is -2.34. The number of rotatable bonds is 3. The number of aromatic nitrogens is 1. The number of carbonyl (C=O) groups excluding carboxylic acids is 1. The number of pyridine rings is 1. The predicted octanol–water partition coefficient (Wildman–Crippen LogP) is 2.65. The molecule has 0 saturated carbocycles. The molecule has 4 rings (SSSR count). The van der Waals surface area contributed by atoms with Gasteiger partial charge in [-0.3, -0.25) is 19.3 Å². The number of nitrogens with one attached hydrogen (secondary N) is 1. The molecule has 1 aromatic heterocycles. The molecule has 2 aliphatic heterocycles. The molecule has 7 heteroatoms. The predicted molar refractivity (Wildman–Crippen MR) is 119 cm³/mol. The first-order valence-electron chi connectivity index (χ1n) is 10.6. The molecule has 2 fully saturated rings. The van der Waals surface area contributed by atoms with E-state index in [2.05, 4.69) is 46.0 Å². The zero-order chi connectivity index (χ0) is 22.7. The largest absolute Gasteiger partial charge is 0.483 e. The van der Waals surface area contributed by atoms with Crippen LogP contribution in [-0.4, -0.2) is 51.9 Å². The highest BCUT2D eigenvalue weighted by atomic mass is 16.3. The maximum atomic E-state index is 12.3. The topological polar surface area (TPSA) is 93.7 Å². The Labute approximate surface area is 182 Å². The van der Waals surface area contributed by atoms with Crippen LogP contribution in [0.1, 0.15) is 40.9 Å². The third-order valence-electron chi connectivity index (χ3n) is 6.65. The molecule has 0 unspecified atom stereocenters. The Hall–Kier alpha value is -2.93. The van der Waals surface area contributed by atoms with Gasteiger partial charge in [-0.25, -0.2) is 0 Å². The lowest BCUT2D eigenvalue weighted by molar-refractivity contribution is -0.130. The second kappa shape index (κ2) is 9.47. The lowest BCUT2D eigenvalue weighted by atomic mass is 9.87. The molecular formula is C24H31N3O4. The van der Waals surface area contributed by atoms with Crippen molar-refractivity contribution in [3.8, 4) is 0 Å². The summed E-state index contributed by atoms with van der Waals surface area (Å²) in [5.74, 6) is 1.07. The van der Waals surface area contributed by atoms with Gasteiger partial charge in [0.15, 0.2) is 5.43 Å². The van der Waals surface area contributed by atoms with Gasteiger partial charge in [-0.2, -0.15) is 0 Å². The molecule has 0 spiro atoms. The number of aryl methyl sites for hydroxylation is 2. The van der Waals surface area contributed by atoms with Crippen molar-refractivity contribution in [3.05, 3.63) is 68.6 Å². The molecule has 31 heavy (non-hydrogen) atoms. The molecule has 0 aliphatic carbocycles. The monoisotopic (exact) mass is 425 g/mol. The highest BCUT2D eigenvalue weighted by molar-refractivity contribution is 5.74. The van der Waals surface area contributed by atoms with E-state index in [4.69, 9.17) is 9.90 Å². The summed E-state index contributed by atoms with van der Waals surface area (Å²) in [5.41, 5.74) is 5.23. The standard InChI is InChI=1S/C23H29N3O2.CH2O2/c1-14-7-5-6-8-19(14)22-20-12-25(10-18(20)11-26(22)17(4)27)13-21-16(3)23(28)15(2)9-24-21;2-1-3/h5-9,18,20,22H,10-13H2,1-4H3,(H,24,28);1H,(H,2,3)/t18-,20-,22-;/m1./s1. The van der Waals surface area contributed by atoms with E-state index in [1.807, 2.05) is 20.0 Å². The van der Waals surface area contributed by atoms with E-state index in [-0.39, 0.29) is 23.9 Å². The summed E-state index contributed by atoms with van der Waals surface area (Å²) in [6.07, 6.45) is 1.81. The van der Waals surface area contributed by atoms with Crippen molar-refractivity contribution < 1.29 is 14.7 Å². The van der Waals surface area contributed by atoms with Gasteiger partial charge in [-0.05, 0) is 37.8 Å². The van der Waals surface area contributed by atoms with Gasteiger partial charge in [0.25, 0.3) is 6.47 Å². The van der Waals surface area contributed by atoms with Gasteiger partial charge in [-0.15, -0.1) is 0 Å². The van der Waals surface area contributed by atoms with Crippen molar-refractivity contribution >= 4 is 12.4 Å². The number of nitrogens with zero attached hydrogens (tertiary/aromatic N) is 2. The van der Waals surface area contributed by atoms with Crippen LogP contribution in [0.15, 0.2) is 35.3 Å². The number of H-pyrrole nitrogens is 1. The summed E-state index contributed by atoms with van der Waals surface area (Å²) < 4.78 is 0. The molecule has 2 aromatic rings. The fraction of sp³-hybridized carbons (Fsp3) is 0.458. The Morgan fingerprint density at radius 3 is 2.48 bits per heavy atom. The Morgan fingerprint density at radius 2 is 1.84 bits per heavy atom. The minimum Gasteiger partial charge on any atom is -0.483 e. The van der Waals surface area contributed by atoms with Crippen molar-refractivity contribution in [1.82, 2.24) is 14.8 Å². The van der Waals surface area contributed by atoms with Gasteiger partial charge < -0.3 is 15.0 Å². The normalized spacial score (nSPS) is 22.6. The number of benzene rings is 1. The number of amides is 1. The van der Waals surface area contributed by atoms with Gasteiger partial charge >= 0.3 is 0 Å². The summed E-state index contributed by atoms with van der Waals surface area (Å²) in [6, 6.07) is 8.57. The van der Waals surface area contributed by atoms with Crippen LogP contribution in [0.4, 0.5) is 0 Å². The van der Waals surface area contributed by atoms with Gasteiger partial charge in [-0.1, -0.05) is 24.3 Å². The van der Waals surface area contributed by atoms with Crippen LogP contribution in [0, 0.1) is 32.6 Å². The molecule has 0 radical (unpaired) electrons. The Bertz CT molecular complexity index is 1020. The van der Waals surface area contributed by atoms with Crippen LogP contribution in [0.2, 0.25) is 0 Å². The van der Waals surface area contributed by atoms with E-state index in [1.54, 1.807) is 6.92 Å². The number of carbonyl (C=O) groups is 2. The van der Waals surface area contributed by atoms with Crippen LogP contribution in [0.5, 0.6) is 0 Å². The first-order chi connectivity index (χ1) is 14.8. The summed E-state index contributed by atoms with van der Waals surface area (Å²) in [4.78, 5) is 40.8. The van der Waals surface area contributed by atoms with Gasteiger partial charge in [0, 0.05) is 62.0 Å².